The van der Waals surface area contributed by atoms with E-state index in [-0.39, 0.29) is 0 Å². The summed E-state index contributed by atoms with van der Waals surface area (Å²) in [7, 11) is 0. The van der Waals surface area contributed by atoms with Crippen molar-refractivity contribution >= 4 is 21.6 Å². The first-order valence-electron chi connectivity index (χ1n) is 7.15. The lowest BCUT2D eigenvalue weighted by molar-refractivity contribution is -0.137. The molecule has 1 saturated carbocycles. The lowest BCUT2D eigenvalue weighted by Crippen LogP contribution is -2.20. The van der Waals surface area contributed by atoms with Gasteiger partial charge in [0.2, 0.25) is 0 Å². The zero-order chi connectivity index (χ0) is 15.0. The third-order valence-corrected chi connectivity index (χ3v) is 5.46. The molecule has 21 heavy (non-hydrogen) atoms. The van der Waals surface area contributed by atoms with Gasteiger partial charge in [-0.2, -0.15) is 13.2 Å². The van der Waals surface area contributed by atoms with Gasteiger partial charge in [0.1, 0.15) is 0 Å². The molecule has 0 spiro atoms. The van der Waals surface area contributed by atoms with Gasteiger partial charge in [-0.25, -0.2) is 4.98 Å². The van der Waals surface area contributed by atoms with Crippen LogP contribution in [0.4, 0.5) is 13.2 Å². The fourth-order valence-electron chi connectivity index (χ4n) is 2.94. The number of benzene rings is 1. The molecule has 0 aliphatic heterocycles. The number of aromatic nitrogens is 1. The third kappa shape index (κ3) is 3.06. The zero-order valence-corrected chi connectivity index (χ0v) is 12.3. The number of nitrogens with zero attached hydrogens (tertiary/aromatic N) is 1. The molecule has 1 aliphatic carbocycles. The van der Waals surface area contributed by atoms with Crippen LogP contribution in [0.3, 0.4) is 0 Å². The van der Waals surface area contributed by atoms with Gasteiger partial charge < -0.3 is 5.73 Å². The van der Waals surface area contributed by atoms with E-state index in [0.29, 0.717) is 17.4 Å². The van der Waals surface area contributed by atoms with Crippen LogP contribution in [-0.4, -0.2) is 11.5 Å². The van der Waals surface area contributed by atoms with E-state index in [4.69, 9.17) is 5.73 Å². The Bertz CT molecular complexity index is 627. The predicted octanol–water partition coefficient (Wildman–Crippen LogP) is 4.55. The molecule has 0 bridgehead atoms. The van der Waals surface area contributed by atoms with Crippen molar-refractivity contribution in [3.05, 3.63) is 28.8 Å². The lowest BCUT2D eigenvalue weighted by atomic mass is 9.82. The van der Waals surface area contributed by atoms with Crippen LogP contribution in [0.5, 0.6) is 0 Å². The highest BCUT2D eigenvalue weighted by molar-refractivity contribution is 7.18. The van der Waals surface area contributed by atoms with Gasteiger partial charge >= 0.3 is 6.18 Å². The largest absolute Gasteiger partial charge is 0.416 e. The van der Waals surface area contributed by atoms with Crippen molar-refractivity contribution in [2.45, 2.75) is 37.8 Å². The molecule has 2 aromatic rings. The maximum absolute atomic E-state index is 12.7. The van der Waals surface area contributed by atoms with Crippen LogP contribution in [0.2, 0.25) is 0 Å². The van der Waals surface area contributed by atoms with Gasteiger partial charge in [0.25, 0.3) is 0 Å². The predicted molar refractivity (Wildman–Crippen MR) is 78.4 cm³/mol. The number of hydrogen-bond acceptors (Lipinski definition) is 3. The Labute approximate surface area is 125 Å². The zero-order valence-electron chi connectivity index (χ0n) is 11.5. The molecule has 0 radical (unpaired) electrons. The Hall–Kier alpha value is -1.14. The standard InChI is InChI=1S/C15H17F3N2S/c16-15(17,18)11-5-6-13-12(7-11)20-14(21-13)10-3-1-9(8-19)2-4-10/h5-7,9-10H,1-4,8,19H2. The van der Waals surface area contributed by atoms with Gasteiger partial charge in [-0.1, -0.05) is 0 Å². The molecule has 1 aromatic carbocycles. The van der Waals surface area contributed by atoms with Crippen molar-refractivity contribution < 1.29 is 13.2 Å². The summed E-state index contributed by atoms with van der Waals surface area (Å²) in [4.78, 5) is 4.45. The maximum Gasteiger partial charge on any atom is 0.416 e. The molecule has 1 aromatic heterocycles. The molecule has 1 heterocycles. The summed E-state index contributed by atoms with van der Waals surface area (Å²) >= 11 is 1.52. The van der Waals surface area contributed by atoms with Crippen LogP contribution in [-0.2, 0) is 6.18 Å². The van der Waals surface area contributed by atoms with E-state index < -0.39 is 11.7 Å². The van der Waals surface area contributed by atoms with E-state index in [2.05, 4.69) is 4.98 Å². The van der Waals surface area contributed by atoms with Crippen molar-refractivity contribution in [3.63, 3.8) is 0 Å². The van der Waals surface area contributed by atoms with E-state index in [9.17, 15) is 13.2 Å². The first-order chi connectivity index (χ1) is 9.97. The Morgan fingerprint density at radius 2 is 1.90 bits per heavy atom. The molecule has 2 nitrogen and oxygen atoms in total. The number of fused-ring (bicyclic) bond motifs is 1. The maximum atomic E-state index is 12.7. The number of thiazole rings is 1. The van der Waals surface area contributed by atoms with Crippen LogP contribution >= 0.6 is 11.3 Å². The van der Waals surface area contributed by atoms with Gasteiger partial charge in [0.15, 0.2) is 0 Å². The number of rotatable bonds is 2. The highest BCUT2D eigenvalue weighted by atomic mass is 32.1. The number of hydrogen-bond donors (Lipinski definition) is 1. The van der Waals surface area contributed by atoms with Crippen LogP contribution in [0, 0.1) is 5.92 Å². The normalized spacial score (nSPS) is 23.6. The number of nitrogens with two attached hydrogens (primary N) is 1. The molecular formula is C15H17F3N2S. The minimum Gasteiger partial charge on any atom is -0.330 e. The smallest absolute Gasteiger partial charge is 0.330 e. The molecule has 2 N–H and O–H groups in total. The summed E-state index contributed by atoms with van der Waals surface area (Å²) in [6.45, 7) is 0.724. The minimum absolute atomic E-state index is 0.375. The molecule has 114 valence electrons. The molecule has 1 aliphatic rings. The molecule has 0 unspecified atom stereocenters. The van der Waals surface area contributed by atoms with E-state index >= 15 is 0 Å². The van der Waals surface area contributed by atoms with Gasteiger partial charge in [0.05, 0.1) is 20.8 Å². The van der Waals surface area contributed by atoms with Gasteiger partial charge in [-0.3, -0.25) is 0 Å². The quantitative estimate of drug-likeness (QED) is 0.883. The Morgan fingerprint density at radius 1 is 1.19 bits per heavy atom. The van der Waals surface area contributed by atoms with Gasteiger partial charge in [-0.15, -0.1) is 11.3 Å². The first-order valence-corrected chi connectivity index (χ1v) is 7.97. The van der Waals surface area contributed by atoms with E-state index in [0.717, 1.165) is 54.1 Å². The summed E-state index contributed by atoms with van der Waals surface area (Å²) in [5.41, 5.74) is 5.52. The van der Waals surface area contributed by atoms with Crippen molar-refractivity contribution in [2.24, 2.45) is 11.7 Å². The summed E-state index contributed by atoms with van der Waals surface area (Å²) in [6.07, 6.45) is -0.0609. The fourth-order valence-corrected chi connectivity index (χ4v) is 4.06. The van der Waals surface area contributed by atoms with Crippen molar-refractivity contribution in [3.8, 4) is 0 Å². The third-order valence-electron chi connectivity index (χ3n) is 4.26. The molecule has 3 rings (SSSR count). The highest BCUT2D eigenvalue weighted by Gasteiger charge is 2.31. The lowest BCUT2D eigenvalue weighted by Gasteiger charge is -2.26. The second-order valence-electron chi connectivity index (χ2n) is 5.69. The monoisotopic (exact) mass is 314 g/mol. The topological polar surface area (TPSA) is 38.9 Å². The Kier molecular flexibility index (Phi) is 3.92. The summed E-state index contributed by atoms with van der Waals surface area (Å²) in [5.74, 6) is 0.965. The molecular weight excluding hydrogens is 297 g/mol. The van der Waals surface area contributed by atoms with Crippen LogP contribution in [0.15, 0.2) is 18.2 Å². The summed E-state index contributed by atoms with van der Waals surface area (Å²) < 4.78 is 39.0. The fraction of sp³-hybridized carbons (Fsp3) is 0.533. The Balaban J connectivity index is 1.84. The number of alkyl halides is 3. The summed E-state index contributed by atoms with van der Waals surface area (Å²) in [5, 5.41) is 0.972. The van der Waals surface area contributed by atoms with Gasteiger partial charge in [-0.05, 0) is 56.3 Å². The second-order valence-corrected chi connectivity index (χ2v) is 6.75. The average molecular weight is 314 g/mol. The van der Waals surface area contributed by atoms with Crippen molar-refractivity contribution in [1.29, 1.82) is 0 Å². The number of halogens is 3. The van der Waals surface area contributed by atoms with Crippen LogP contribution < -0.4 is 5.73 Å². The minimum atomic E-state index is -4.31. The highest BCUT2D eigenvalue weighted by Crippen LogP contribution is 2.39. The van der Waals surface area contributed by atoms with Gasteiger partial charge in [0, 0.05) is 5.92 Å². The molecule has 0 saturated heterocycles. The molecule has 0 amide bonds. The molecule has 6 heteroatoms. The Morgan fingerprint density at radius 3 is 2.52 bits per heavy atom. The van der Waals surface area contributed by atoms with Crippen LogP contribution in [0.25, 0.3) is 10.2 Å². The SMILES string of the molecule is NCC1CCC(c2nc3cc(C(F)(F)F)ccc3s2)CC1. The van der Waals surface area contributed by atoms with E-state index in [1.54, 1.807) is 0 Å². The van der Waals surface area contributed by atoms with Crippen molar-refractivity contribution in [1.82, 2.24) is 4.98 Å². The van der Waals surface area contributed by atoms with Crippen LogP contribution in [0.1, 0.15) is 42.2 Å². The molecule has 0 atom stereocenters. The van der Waals surface area contributed by atoms with Crippen molar-refractivity contribution in [2.75, 3.05) is 6.54 Å². The summed E-state index contributed by atoms with van der Waals surface area (Å²) in [6, 6.07) is 3.82. The van der Waals surface area contributed by atoms with E-state index in [1.165, 1.54) is 17.4 Å². The second kappa shape index (κ2) is 5.57. The first kappa shape index (κ1) is 14.8. The average Bonchev–Trinajstić information content (AvgIpc) is 2.89. The molecule has 1 fully saturated rings. The van der Waals surface area contributed by atoms with E-state index in [1.807, 2.05) is 0 Å².